The topological polar surface area (TPSA) is 110 Å². The Bertz CT molecular complexity index is 761. The largest absolute Gasteiger partial charge is 0.394 e. The molecule has 4 unspecified atom stereocenters. The second-order valence-corrected chi connectivity index (χ2v) is 16.5. The van der Waals surface area contributed by atoms with Crippen molar-refractivity contribution in [2.45, 2.75) is 276 Å². The van der Waals surface area contributed by atoms with E-state index in [2.05, 4.69) is 31.3 Å². The van der Waals surface area contributed by atoms with Gasteiger partial charge in [-0.3, -0.25) is 4.79 Å². The van der Waals surface area contributed by atoms with Crippen molar-refractivity contribution in [2.24, 2.45) is 0 Å². The van der Waals surface area contributed by atoms with Crippen LogP contribution in [-0.4, -0.2) is 57.3 Å². The quantitative estimate of drug-likeness (QED) is 0.0315. The first-order chi connectivity index (χ1) is 26.0. The van der Waals surface area contributed by atoms with Gasteiger partial charge in [0.1, 0.15) is 12.2 Å². The number of nitrogens with one attached hydrogen (secondary N) is 1. The number of aliphatic hydroxyl groups is 4. The molecule has 316 valence electrons. The molecule has 0 radical (unpaired) electrons. The van der Waals surface area contributed by atoms with Crippen LogP contribution in [0.5, 0.6) is 0 Å². The predicted molar refractivity (Wildman–Crippen MR) is 228 cm³/mol. The molecule has 0 bridgehead atoms. The van der Waals surface area contributed by atoms with E-state index in [-0.39, 0.29) is 0 Å². The summed E-state index contributed by atoms with van der Waals surface area (Å²) in [5.74, 6) is -0.584. The van der Waals surface area contributed by atoms with Gasteiger partial charge < -0.3 is 25.7 Å². The summed E-state index contributed by atoms with van der Waals surface area (Å²) in [5.41, 5.74) is 0. The van der Waals surface area contributed by atoms with Crippen LogP contribution >= 0.6 is 0 Å². The van der Waals surface area contributed by atoms with Gasteiger partial charge in [-0.15, -0.1) is 0 Å². The van der Waals surface area contributed by atoms with E-state index >= 15 is 0 Å². The van der Waals surface area contributed by atoms with Crippen LogP contribution in [0, 0.1) is 0 Å². The predicted octanol–water partition coefficient (Wildman–Crippen LogP) is 12.6. The molecule has 0 aliphatic heterocycles. The van der Waals surface area contributed by atoms with E-state index < -0.39 is 36.9 Å². The van der Waals surface area contributed by atoms with E-state index in [4.69, 9.17) is 0 Å². The first-order valence-corrected chi connectivity index (χ1v) is 23.6. The second kappa shape index (κ2) is 42.2. The third-order valence-corrected chi connectivity index (χ3v) is 11.2. The van der Waals surface area contributed by atoms with Crippen LogP contribution in [0.15, 0.2) is 12.2 Å². The highest BCUT2D eigenvalue weighted by Gasteiger charge is 2.28. The normalized spacial score (nSPS) is 14.2. The molecule has 0 aromatic heterocycles. The number of hydrogen-bond donors (Lipinski definition) is 5. The van der Waals surface area contributed by atoms with E-state index in [1.807, 2.05) is 0 Å². The van der Waals surface area contributed by atoms with Crippen molar-refractivity contribution >= 4 is 5.91 Å². The Kier molecular flexibility index (Phi) is 41.4. The minimum Gasteiger partial charge on any atom is -0.394 e. The van der Waals surface area contributed by atoms with Crippen molar-refractivity contribution in [3.8, 4) is 0 Å². The summed E-state index contributed by atoms with van der Waals surface area (Å²) in [6.45, 7) is 4.02. The lowest BCUT2D eigenvalue weighted by molar-refractivity contribution is -0.132. The molecule has 0 saturated heterocycles. The molecule has 53 heavy (non-hydrogen) atoms. The van der Waals surface area contributed by atoms with Crippen LogP contribution < -0.4 is 5.32 Å². The number of aliphatic hydroxyl groups excluding tert-OH is 4. The Hall–Kier alpha value is -0.950. The number of carbonyl (C=O) groups excluding carboxylic acids is 1. The third-order valence-electron chi connectivity index (χ3n) is 11.2. The summed E-state index contributed by atoms with van der Waals surface area (Å²) >= 11 is 0. The smallest absolute Gasteiger partial charge is 0.249 e. The fourth-order valence-corrected chi connectivity index (χ4v) is 7.46. The zero-order valence-corrected chi connectivity index (χ0v) is 35.5. The Balaban J connectivity index is 3.55. The fraction of sp³-hybridized carbons (Fsp3) is 0.936. The first-order valence-electron chi connectivity index (χ1n) is 23.6. The maximum Gasteiger partial charge on any atom is 0.249 e. The third kappa shape index (κ3) is 36.4. The number of allylic oxidation sites excluding steroid dienone is 2. The van der Waals surface area contributed by atoms with Crippen molar-refractivity contribution in [1.82, 2.24) is 5.32 Å². The molecule has 0 rings (SSSR count). The Morgan fingerprint density at radius 1 is 0.453 bits per heavy atom. The average molecular weight is 752 g/mol. The summed E-state index contributed by atoms with van der Waals surface area (Å²) in [7, 11) is 0. The monoisotopic (exact) mass is 752 g/mol. The van der Waals surface area contributed by atoms with Crippen LogP contribution in [0.3, 0.4) is 0 Å². The van der Waals surface area contributed by atoms with E-state index in [1.165, 1.54) is 186 Å². The van der Waals surface area contributed by atoms with Gasteiger partial charge in [-0.1, -0.05) is 225 Å². The molecule has 6 nitrogen and oxygen atoms in total. The molecule has 0 spiro atoms. The highest BCUT2D eigenvalue weighted by Crippen LogP contribution is 2.17. The minimum atomic E-state index is -1.25. The zero-order valence-electron chi connectivity index (χ0n) is 35.5. The summed E-state index contributed by atoms with van der Waals surface area (Å²) < 4.78 is 0. The number of amides is 1. The van der Waals surface area contributed by atoms with E-state index in [1.54, 1.807) is 0 Å². The molecule has 4 atom stereocenters. The molecule has 0 fully saturated rings. The molecular formula is C47H93NO5. The molecule has 6 heteroatoms. The van der Waals surface area contributed by atoms with Crippen molar-refractivity contribution in [2.75, 3.05) is 6.61 Å². The van der Waals surface area contributed by atoms with Gasteiger partial charge >= 0.3 is 0 Å². The van der Waals surface area contributed by atoms with Gasteiger partial charge in [0, 0.05) is 0 Å². The Morgan fingerprint density at radius 2 is 0.755 bits per heavy atom. The van der Waals surface area contributed by atoms with Gasteiger partial charge in [0.2, 0.25) is 5.91 Å². The highest BCUT2D eigenvalue weighted by atomic mass is 16.3. The molecule has 5 N–H and O–H groups in total. The lowest BCUT2D eigenvalue weighted by atomic mass is 9.99. The average Bonchev–Trinajstić information content (AvgIpc) is 3.16. The maximum absolute atomic E-state index is 12.5. The summed E-state index contributed by atoms with van der Waals surface area (Å²) in [6.07, 6.45) is 47.1. The van der Waals surface area contributed by atoms with Crippen molar-refractivity contribution in [3.63, 3.8) is 0 Å². The second-order valence-electron chi connectivity index (χ2n) is 16.5. The van der Waals surface area contributed by atoms with Crippen LogP contribution in [0.1, 0.15) is 251 Å². The Labute approximate surface area is 330 Å². The van der Waals surface area contributed by atoms with Gasteiger partial charge in [-0.2, -0.15) is 0 Å². The molecule has 0 aliphatic rings. The van der Waals surface area contributed by atoms with Gasteiger partial charge in [-0.25, -0.2) is 0 Å². The zero-order chi connectivity index (χ0) is 38.9. The van der Waals surface area contributed by atoms with Gasteiger partial charge in [0.05, 0.1) is 18.8 Å². The number of carbonyl (C=O) groups is 1. The molecule has 0 heterocycles. The number of hydrogen-bond acceptors (Lipinski definition) is 5. The van der Waals surface area contributed by atoms with Crippen LogP contribution in [0.2, 0.25) is 0 Å². The Morgan fingerprint density at radius 3 is 1.09 bits per heavy atom. The van der Waals surface area contributed by atoms with Crippen LogP contribution in [0.25, 0.3) is 0 Å². The van der Waals surface area contributed by atoms with E-state index in [9.17, 15) is 25.2 Å². The lowest BCUT2D eigenvalue weighted by Crippen LogP contribution is -2.53. The lowest BCUT2D eigenvalue weighted by Gasteiger charge is -2.27. The fourth-order valence-electron chi connectivity index (χ4n) is 7.46. The molecule has 0 saturated carbocycles. The van der Waals surface area contributed by atoms with E-state index in [0.29, 0.717) is 12.8 Å². The van der Waals surface area contributed by atoms with Crippen molar-refractivity contribution in [1.29, 1.82) is 0 Å². The van der Waals surface area contributed by atoms with E-state index in [0.717, 1.165) is 38.5 Å². The van der Waals surface area contributed by atoms with Gasteiger partial charge in [0.15, 0.2) is 0 Å². The van der Waals surface area contributed by atoms with Crippen LogP contribution in [0.4, 0.5) is 0 Å². The summed E-state index contributed by atoms with van der Waals surface area (Å²) in [4.78, 5) is 12.5. The molecule has 0 aromatic rings. The van der Waals surface area contributed by atoms with Crippen LogP contribution in [-0.2, 0) is 4.79 Å². The highest BCUT2D eigenvalue weighted by molar-refractivity contribution is 5.80. The molecule has 0 aromatic carbocycles. The van der Waals surface area contributed by atoms with Gasteiger partial charge in [-0.05, 0) is 38.5 Å². The van der Waals surface area contributed by atoms with Crippen molar-refractivity contribution in [3.05, 3.63) is 12.2 Å². The SMILES string of the molecule is CCCCCCCCCCCCCC/C=C\CCCCCCCCCCCCCCCC(O)C(=O)NC(CO)C(O)C(O)CCCCCCCCCC. The van der Waals surface area contributed by atoms with Crippen molar-refractivity contribution < 1.29 is 25.2 Å². The minimum absolute atomic E-state index is 0.372. The number of unbranched alkanes of at least 4 members (excludes halogenated alkanes) is 32. The number of rotatable bonds is 43. The molecular weight excluding hydrogens is 659 g/mol. The molecule has 0 aliphatic carbocycles. The standard InChI is InChI=1S/C47H93NO5/c1-3-5-7-9-11-13-14-15-16-17-18-19-20-21-22-23-24-25-26-27-28-29-30-31-32-33-35-37-39-41-45(51)47(53)48-43(42-49)46(52)44(50)40-38-36-34-12-10-8-6-4-2/h21-22,43-46,49-52H,3-20,23-42H2,1-2H3,(H,48,53)/b22-21-. The van der Waals surface area contributed by atoms with Gasteiger partial charge in [0.25, 0.3) is 0 Å². The maximum atomic E-state index is 12.5. The summed E-state index contributed by atoms with van der Waals surface area (Å²) in [6, 6.07) is -0.979. The molecule has 1 amide bonds. The first kappa shape index (κ1) is 52.0. The summed E-state index contributed by atoms with van der Waals surface area (Å²) in [5, 5.41) is 43.5.